The van der Waals surface area contributed by atoms with E-state index in [2.05, 4.69) is 10.6 Å². The normalized spacial score (nSPS) is 19.7. The molecule has 0 aromatic heterocycles. The van der Waals surface area contributed by atoms with E-state index < -0.39 is 66.9 Å². The molecule has 0 aromatic rings. The zero-order chi connectivity index (χ0) is 20.7. The van der Waals surface area contributed by atoms with Gasteiger partial charge in [-0.3, -0.25) is 19.2 Å². The SMILES string of the molecule is CC(NC(=O)C1CCCN1C(=O)C(N)CC(=O)O)C(=O)NC(CO)C(=O)O. The molecule has 0 radical (unpaired) electrons. The topological polar surface area (TPSA) is 199 Å². The summed E-state index contributed by atoms with van der Waals surface area (Å²) >= 11 is 0. The van der Waals surface area contributed by atoms with Gasteiger partial charge in [-0.2, -0.15) is 0 Å². The van der Waals surface area contributed by atoms with Gasteiger partial charge in [0, 0.05) is 6.54 Å². The van der Waals surface area contributed by atoms with Gasteiger partial charge in [-0.05, 0) is 19.8 Å². The third-order valence-corrected chi connectivity index (χ3v) is 4.10. The zero-order valence-electron chi connectivity index (χ0n) is 14.8. The van der Waals surface area contributed by atoms with Crippen molar-refractivity contribution in [2.45, 2.75) is 50.4 Å². The van der Waals surface area contributed by atoms with Crippen LogP contribution in [-0.2, 0) is 24.0 Å². The Bertz CT molecular complexity index is 611. The van der Waals surface area contributed by atoms with Gasteiger partial charge in [-0.25, -0.2) is 4.79 Å². The first kappa shape index (κ1) is 22.3. The number of hydrogen-bond acceptors (Lipinski definition) is 7. The van der Waals surface area contributed by atoms with Gasteiger partial charge >= 0.3 is 11.9 Å². The Hall–Kier alpha value is -2.73. The Morgan fingerprint density at radius 1 is 1.19 bits per heavy atom. The van der Waals surface area contributed by atoms with E-state index in [1.165, 1.54) is 11.8 Å². The number of carboxylic acid groups (broad SMARTS) is 2. The largest absolute Gasteiger partial charge is 0.481 e. The van der Waals surface area contributed by atoms with E-state index in [0.29, 0.717) is 12.8 Å². The summed E-state index contributed by atoms with van der Waals surface area (Å²) < 4.78 is 0. The first-order valence-electron chi connectivity index (χ1n) is 8.30. The van der Waals surface area contributed by atoms with Crippen LogP contribution in [0.5, 0.6) is 0 Å². The minimum Gasteiger partial charge on any atom is -0.481 e. The number of aliphatic carboxylic acids is 2. The van der Waals surface area contributed by atoms with Crippen molar-refractivity contribution >= 4 is 29.7 Å². The van der Waals surface area contributed by atoms with Crippen LogP contribution in [0, 0.1) is 0 Å². The van der Waals surface area contributed by atoms with Gasteiger partial charge in [0.05, 0.1) is 19.1 Å². The summed E-state index contributed by atoms with van der Waals surface area (Å²) in [7, 11) is 0. The van der Waals surface area contributed by atoms with E-state index in [-0.39, 0.29) is 6.54 Å². The maximum Gasteiger partial charge on any atom is 0.328 e. The number of likely N-dealkylation sites (tertiary alicyclic amines) is 1. The molecule has 1 aliphatic heterocycles. The number of carbonyl (C=O) groups is 5. The molecule has 0 spiro atoms. The molecule has 3 amide bonds. The Morgan fingerprint density at radius 3 is 2.33 bits per heavy atom. The van der Waals surface area contributed by atoms with Crippen molar-refractivity contribution < 1.29 is 39.3 Å². The Morgan fingerprint density at radius 2 is 1.81 bits per heavy atom. The molecule has 0 aliphatic carbocycles. The molecule has 12 heteroatoms. The van der Waals surface area contributed by atoms with E-state index in [1.807, 2.05) is 0 Å². The zero-order valence-corrected chi connectivity index (χ0v) is 14.8. The monoisotopic (exact) mass is 388 g/mol. The lowest BCUT2D eigenvalue weighted by Gasteiger charge is -2.27. The number of hydrogen-bond donors (Lipinski definition) is 6. The molecular weight excluding hydrogens is 364 g/mol. The Balaban J connectivity index is 2.69. The van der Waals surface area contributed by atoms with Gasteiger partial charge in [-0.15, -0.1) is 0 Å². The van der Waals surface area contributed by atoms with Crippen molar-refractivity contribution in [3.8, 4) is 0 Å². The fraction of sp³-hybridized carbons (Fsp3) is 0.667. The summed E-state index contributed by atoms with van der Waals surface area (Å²) in [4.78, 5) is 59.3. The van der Waals surface area contributed by atoms with Crippen LogP contribution in [0.4, 0.5) is 0 Å². The molecule has 152 valence electrons. The van der Waals surface area contributed by atoms with Crippen molar-refractivity contribution in [3.63, 3.8) is 0 Å². The molecule has 27 heavy (non-hydrogen) atoms. The lowest BCUT2D eigenvalue weighted by atomic mass is 10.1. The second-order valence-corrected chi connectivity index (χ2v) is 6.21. The van der Waals surface area contributed by atoms with Crippen LogP contribution in [-0.4, -0.2) is 87.2 Å². The van der Waals surface area contributed by atoms with Gasteiger partial charge in [0.2, 0.25) is 17.7 Å². The molecule has 1 fully saturated rings. The van der Waals surface area contributed by atoms with Gasteiger partial charge < -0.3 is 36.6 Å². The molecule has 1 rings (SSSR count). The summed E-state index contributed by atoms with van der Waals surface area (Å²) in [6, 6.07) is -4.80. The molecule has 12 nitrogen and oxygen atoms in total. The molecule has 7 N–H and O–H groups in total. The molecular formula is C15H24N4O8. The summed E-state index contributed by atoms with van der Waals surface area (Å²) in [6.45, 7) is 0.741. The van der Waals surface area contributed by atoms with Crippen molar-refractivity contribution in [2.24, 2.45) is 5.73 Å². The van der Waals surface area contributed by atoms with Crippen LogP contribution >= 0.6 is 0 Å². The van der Waals surface area contributed by atoms with Gasteiger partial charge in [0.1, 0.15) is 18.1 Å². The minimum atomic E-state index is -1.50. The number of aliphatic hydroxyl groups is 1. The van der Waals surface area contributed by atoms with E-state index in [4.69, 9.17) is 21.1 Å². The third kappa shape index (κ3) is 6.18. The molecule has 1 saturated heterocycles. The second kappa shape index (κ2) is 9.83. The highest BCUT2D eigenvalue weighted by molar-refractivity contribution is 5.94. The Labute approximate surface area is 154 Å². The molecule has 0 bridgehead atoms. The van der Waals surface area contributed by atoms with E-state index in [9.17, 15) is 24.0 Å². The van der Waals surface area contributed by atoms with Crippen LogP contribution in [0.1, 0.15) is 26.2 Å². The maximum atomic E-state index is 12.4. The van der Waals surface area contributed by atoms with E-state index in [1.54, 1.807) is 0 Å². The fourth-order valence-corrected chi connectivity index (χ4v) is 2.65. The number of nitrogens with two attached hydrogens (primary N) is 1. The molecule has 1 aliphatic rings. The quantitative estimate of drug-likeness (QED) is 0.236. The summed E-state index contributed by atoms with van der Waals surface area (Å²) in [5.41, 5.74) is 5.56. The summed E-state index contributed by atoms with van der Waals surface area (Å²) in [6.07, 6.45) is 0.260. The molecule has 4 unspecified atom stereocenters. The predicted octanol–water partition coefficient (Wildman–Crippen LogP) is -3.15. The van der Waals surface area contributed by atoms with Gasteiger partial charge in [-0.1, -0.05) is 0 Å². The maximum absolute atomic E-state index is 12.4. The molecule has 4 atom stereocenters. The average molecular weight is 388 g/mol. The summed E-state index contributed by atoms with van der Waals surface area (Å²) in [5.74, 6) is -4.79. The lowest BCUT2D eigenvalue weighted by molar-refractivity contribution is -0.144. The highest BCUT2D eigenvalue weighted by atomic mass is 16.4. The van der Waals surface area contributed by atoms with E-state index >= 15 is 0 Å². The van der Waals surface area contributed by atoms with Crippen LogP contribution in [0.2, 0.25) is 0 Å². The smallest absolute Gasteiger partial charge is 0.328 e. The number of rotatable bonds is 9. The van der Waals surface area contributed by atoms with Crippen LogP contribution in [0.15, 0.2) is 0 Å². The first-order valence-corrected chi connectivity index (χ1v) is 8.30. The number of carbonyl (C=O) groups excluding carboxylic acids is 3. The number of nitrogens with one attached hydrogen (secondary N) is 2. The van der Waals surface area contributed by atoms with Crippen molar-refractivity contribution in [1.29, 1.82) is 0 Å². The van der Waals surface area contributed by atoms with Gasteiger partial charge in [0.15, 0.2) is 0 Å². The number of nitrogens with zero attached hydrogens (tertiary/aromatic N) is 1. The average Bonchev–Trinajstić information content (AvgIpc) is 3.07. The minimum absolute atomic E-state index is 0.233. The second-order valence-electron chi connectivity index (χ2n) is 6.21. The lowest BCUT2D eigenvalue weighted by Crippen LogP contribution is -2.56. The van der Waals surface area contributed by atoms with Crippen LogP contribution < -0.4 is 16.4 Å². The summed E-state index contributed by atoms with van der Waals surface area (Å²) in [5, 5.41) is 30.9. The molecule has 0 aromatic carbocycles. The molecule has 0 saturated carbocycles. The first-order chi connectivity index (χ1) is 12.6. The fourth-order valence-electron chi connectivity index (χ4n) is 2.65. The van der Waals surface area contributed by atoms with Crippen LogP contribution in [0.3, 0.4) is 0 Å². The highest BCUT2D eigenvalue weighted by Crippen LogP contribution is 2.19. The van der Waals surface area contributed by atoms with Gasteiger partial charge in [0.25, 0.3) is 0 Å². The standard InChI is InChI=1S/C15H24N4O8/c1-7(12(23)18-9(6-20)15(26)27)17-13(24)10-3-2-4-19(10)14(25)8(16)5-11(21)22/h7-10,20H,2-6,16H2,1H3,(H,17,24)(H,18,23)(H,21,22)(H,26,27). The van der Waals surface area contributed by atoms with E-state index in [0.717, 1.165) is 0 Å². The predicted molar refractivity (Wildman–Crippen MR) is 89.2 cm³/mol. The number of aliphatic hydroxyl groups excluding tert-OH is 1. The molecule has 1 heterocycles. The Kier molecular flexibility index (Phi) is 8.12. The van der Waals surface area contributed by atoms with Crippen molar-refractivity contribution in [2.75, 3.05) is 13.2 Å². The third-order valence-electron chi connectivity index (χ3n) is 4.10. The van der Waals surface area contributed by atoms with Crippen LogP contribution in [0.25, 0.3) is 0 Å². The number of amides is 3. The number of carboxylic acids is 2. The van der Waals surface area contributed by atoms with Crippen molar-refractivity contribution in [1.82, 2.24) is 15.5 Å². The van der Waals surface area contributed by atoms with Crippen molar-refractivity contribution in [3.05, 3.63) is 0 Å². The highest BCUT2D eigenvalue weighted by Gasteiger charge is 2.37.